The number of nitrogens with one attached hydrogen (secondary N) is 4. The fourth-order valence-electron chi connectivity index (χ4n) is 17.3. The largest absolute Gasteiger partial charge is 0.495 e. The van der Waals surface area contributed by atoms with Gasteiger partial charge in [-0.25, -0.2) is 28.8 Å². The van der Waals surface area contributed by atoms with Crippen molar-refractivity contribution < 1.29 is 61.9 Å². The molecule has 0 aliphatic carbocycles. The summed E-state index contributed by atoms with van der Waals surface area (Å²) in [6, 6.07) is 62.0. The molecule has 10 aromatic carbocycles. The number of amides is 6. The third-order valence-electron chi connectivity index (χ3n) is 24.0. The molecule has 142 heavy (non-hydrogen) atoms. The highest BCUT2D eigenvalue weighted by molar-refractivity contribution is 9.10. The van der Waals surface area contributed by atoms with E-state index in [0.717, 1.165) is 172 Å². The third-order valence-corrected chi connectivity index (χ3v) is 24.9. The van der Waals surface area contributed by atoms with E-state index in [-0.39, 0.29) is 24.3 Å². The Bertz CT molecular complexity index is 6330. The van der Waals surface area contributed by atoms with E-state index in [0.29, 0.717) is 108 Å². The van der Waals surface area contributed by atoms with Crippen LogP contribution in [-0.2, 0) is 38.5 Å². The Morgan fingerprint density at radius 1 is 0.373 bits per heavy atom. The van der Waals surface area contributed by atoms with Crippen LogP contribution in [-0.4, -0.2) is 158 Å². The van der Waals surface area contributed by atoms with Gasteiger partial charge in [0.15, 0.2) is 0 Å². The number of ether oxygens (including phenoxy) is 7. The zero-order valence-corrected chi connectivity index (χ0v) is 84.7. The molecule has 25 nitrogen and oxygen atoms in total. The molecule has 27 heteroatoms. The van der Waals surface area contributed by atoms with Crippen molar-refractivity contribution in [2.45, 2.75) is 144 Å². The number of fused-ring (bicyclic) bond motifs is 6. The normalized spacial score (nSPS) is 13.1. The van der Waals surface area contributed by atoms with Crippen molar-refractivity contribution in [3.63, 3.8) is 0 Å². The van der Waals surface area contributed by atoms with E-state index in [1.165, 1.54) is 38.3 Å². The first-order valence-corrected chi connectivity index (χ1v) is 48.7. The Balaban J connectivity index is 0.000000163. The molecule has 6 aliphatic rings. The molecule has 0 aromatic heterocycles. The molecular weight excluding hydrogens is 1870 g/mol. The lowest BCUT2D eigenvalue weighted by atomic mass is 9.98. The minimum absolute atomic E-state index is 0.0954. The summed E-state index contributed by atoms with van der Waals surface area (Å²) in [4.78, 5) is 88.8. The summed E-state index contributed by atoms with van der Waals surface area (Å²) in [5.41, 5.74) is 18.5. The van der Waals surface area contributed by atoms with E-state index in [2.05, 4.69) is 116 Å². The van der Waals surface area contributed by atoms with Crippen molar-refractivity contribution in [3.05, 3.63) is 254 Å². The number of hydrogen-bond donors (Lipinski definition) is 4. The Morgan fingerprint density at radius 3 is 0.993 bits per heavy atom. The minimum atomic E-state index is -0.566. The number of benzene rings is 10. The van der Waals surface area contributed by atoms with Crippen molar-refractivity contribution in [2.75, 3.05) is 150 Å². The van der Waals surface area contributed by atoms with Crippen LogP contribution in [0.4, 0.5) is 85.6 Å². The smallest absolute Gasteiger partial charge is 0.417 e. The summed E-state index contributed by atoms with van der Waals surface area (Å²) < 4.78 is 38.7. The summed E-state index contributed by atoms with van der Waals surface area (Å²) in [5, 5.41) is 11.6. The summed E-state index contributed by atoms with van der Waals surface area (Å²) in [6.45, 7) is 23.1. The predicted octanol–water partition coefficient (Wildman–Crippen LogP) is 23.4. The lowest BCUT2D eigenvalue weighted by Crippen LogP contribution is -2.43. The van der Waals surface area contributed by atoms with Crippen LogP contribution < -0.4 is 83.8 Å². The maximum atomic E-state index is 12.5. The molecule has 0 bridgehead atoms. The number of terminal acetylenes is 6. The number of carbonyl (C=O) groups is 6. The predicted molar refractivity (Wildman–Crippen MR) is 575 cm³/mol. The van der Waals surface area contributed by atoms with Gasteiger partial charge < -0.3 is 72.4 Å². The van der Waals surface area contributed by atoms with Crippen LogP contribution in [0.3, 0.4) is 0 Å². The van der Waals surface area contributed by atoms with Gasteiger partial charge in [-0.15, -0.1) is 38.5 Å². The zero-order valence-electron chi connectivity index (χ0n) is 82.4. The molecule has 0 saturated heterocycles. The molecule has 10 aromatic rings. The summed E-state index contributed by atoms with van der Waals surface area (Å²) in [5.74, 6) is 20.1. The Morgan fingerprint density at radius 2 is 0.676 bits per heavy atom. The van der Waals surface area contributed by atoms with Gasteiger partial charge in [0.2, 0.25) is 0 Å². The van der Waals surface area contributed by atoms with Crippen molar-refractivity contribution in [2.24, 2.45) is 0 Å². The summed E-state index contributed by atoms with van der Waals surface area (Å²) in [7, 11) is 4.87. The van der Waals surface area contributed by atoms with Gasteiger partial charge in [0.05, 0.1) is 63.4 Å². The highest BCUT2D eigenvalue weighted by Crippen LogP contribution is 2.40. The number of para-hydroxylation sites is 4. The highest BCUT2D eigenvalue weighted by atomic mass is 79.9. The van der Waals surface area contributed by atoms with E-state index in [4.69, 9.17) is 83.3 Å². The monoisotopic (exact) mass is 1990 g/mol. The second-order valence-corrected chi connectivity index (χ2v) is 36.6. The molecule has 0 radical (unpaired) electrons. The fraction of sp³-hybridized carbons (Fsp3) is 0.322. The standard InChI is InChI=1S/C23H26N2O2.C20H20N2O3.C19H17BrN2O2.C19H17ClN2O2.C19H26N2O2.C15H18N2O2/c1-5-13-25-14-7-9-18-11-12-19(15-21(18)25)27-23(26)24-22-17(4)8-6-10-20(22)16(2)3;1-3-12-22-13-6-7-15-10-11-16(14-18(15)22)25-20(23)21-17-8-4-5-9-19(17)24-2;1-2-11-22-12-5-6-14-9-10-15(13-18(14)22)24-19(23)21-17-8-4-3-7-16(17)20;1-2-11-22-12-3-4-14-5-10-17(13-18(14)22)24-19(23)21-16-8-6-15(20)7-9-16;1-6-11-20-12-7-8-16-9-10-17(13-18(16)20)23-19(22)21(14(2)3)15(4)5;1-4-9-17-10-5-6-12-7-8-13(11-14(12)17)19-15(18)16(2)3/h1,6,8,10-12,15-16H,7,9,13-14H2,2-4H3,(H,24,26);1,4-5,8-11,14H,6-7,12-13H2,2H3,(H,21,23);1,3-4,7-10,13H,5-6,11-12H2,(H,21,23);1,5-10,13H,3-4,11-12H2,(H,21,23);1,9-10,13-15H,7-8,11-12H2,2-5H3;1,7-8,11H,5-6,9-10H2,2-3H3. The summed E-state index contributed by atoms with van der Waals surface area (Å²) in [6.07, 6.45) is 42.5. The molecule has 6 heterocycles. The van der Waals surface area contributed by atoms with Crippen LogP contribution in [0.25, 0.3) is 0 Å². The Hall–Kier alpha value is -15.5. The number of hydrogen-bond acceptors (Lipinski definition) is 19. The van der Waals surface area contributed by atoms with Gasteiger partial charge >= 0.3 is 36.6 Å². The van der Waals surface area contributed by atoms with Crippen LogP contribution in [0.5, 0.6) is 40.2 Å². The van der Waals surface area contributed by atoms with E-state index in [1.807, 2.05) is 180 Å². The average molecular weight is 2000 g/mol. The Labute approximate surface area is 849 Å². The van der Waals surface area contributed by atoms with Gasteiger partial charge in [-0.2, -0.15) is 0 Å². The molecule has 0 saturated carbocycles. The lowest BCUT2D eigenvalue weighted by molar-refractivity contribution is 0.122. The van der Waals surface area contributed by atoms with E-state index >= 15 is 0 Å². The molecule has 16 rings (SSSR count). The van der Waals surface area contributed by atoms with Crippen LogP contribution in [0.1, 0.15) is 130 Å². The first-order valence-electron chi connectivity index (χ1n) is 47.5. The minimum Gasteiger partial charge on any atom is -0.495 e. The number of aryl methyl sites for hydroxylation is 7. The number of anilines is 10. The van der Waals surface area contributed by atoms with Crippen molar-refractivity contribution >= 4 is 121 Å². The highest BCUT2D eigenvalue weighted by Gasteiger charge is 2.28. The molecule has 6 aliphatic heterocycles. The zero-order chi connectivity index (χ0) is 102. The maximum Gasteiger partial charge on any atom is 0.417 e. The van der Waals surface area contributed by atoms with Gasteiger partial charge in [0.25, 0.3) is 0 Å². The molecule has 0 atom stereocenters. The number of nitrogens with zero attached hydrogens (tertiary/aromatic N) is 8. The van der Waals surface area contributed by atoms with Gasteiger partial charge in [0.1, 0.15) is 40.2 Å². The van der Waals surface area contributed by atoms with Gasteiger partial charge in [0, 0.05) is 151 Å². The van der Waals surface area contributed by atoms with E-state index < -0.39 is 24.4 Å². The second kappa shape index (κ2) is 53.6. The number of halogens is 2. The van der Waals surface area contributed by atoms with Gasteiger partial charge in [-0.3, -0.25) is 21.3 Å². The SMILES string of the molecule is C#CCN1CCCc2ccc(OC(=O)N(C(C)C)C(C)C)cc21.C#CCN1CCCc2ccc(OC(=O)N(C)C)cc21.C#CCN1CCCc2ccc(OC(=O)Nc3c(C)cccc3C(C)C)cc21.C#CCN1CCCc2ccc(OC(=O)Nc3ccc(Cl)cc3)cc21.C#CCN1CCCc2ccc(OC(=O)Nc3ccccc3Br)cc21.C#CCN1CCCc2ccc(OC(=O)Nc3ccccc3OC)cc21. The van der Waals surface area contributed by atoms with Crippen LogP contribution >= 0.6 is 27.5 Å². The lowest BCUT2D eigenvalue weighted by Gasteiger charge is -2.31. The molecule has 0 unspecified atom stereocenters. The van der Waals surface area contributed by atoms with Crippen molar-refractivity contribution in [1.82, 2.24) is 9.80 Å². The molecule has 736 valence electrons. The molecule has 0 fully saturated rings. The van der Waals surface area contributed by atoms with Crippen LogP contribution in [0, 0.1) is 81.0 Å². The molecule has 0 spiro atoms. The number of carbonyl (C=O) groups excluding carboxylic acids is 6. The van der Waals surface area contributed by atoms with Crippen LogP contribution in [0.15, 0.2) is 205 Å². The molecule has 4 N–H and O–H groups in total. The van der Waals surface area contributed by atoms with Crippen molar-refractivity contribution in [1.29, 1.82) is 0 Å². The van der Waals surface area contributed by atoms with Crippen molar-refractivity contribution in [3.8, 4) is 114 Å². The molecular formula is C115H124BrClN12O13. The average Bonchev–Trinajstić information content (AvgIpc) is 0.812. The quantitative estimate of drug-likeness (QED) is 0.0519. The fourth-order valence-corrected chi connectivity index (χ4v) is 17.8. The van der Waals surface area contributed by atoms with Gasteiger partial charge in [-0.05, 0) is 263 Å². The summed E-state index contributed by atoms with van der Waals surface area (Å²) >= 11 is 9.21. The second-order valence-electron chi connectivity index (χ2n) is 35.3. The topological polar surface area (TPSA) is 241 Å². The van der Waals surface area contributed by atoms with E-state index in [1.54, 1.807) is 80.7 Å². The Kier molecular flexibility index (Phi) is 40.4. The van der Waals surface area contributed by atoms with Crippen LogP contribution in [0.2, 0.25) is 5.02 Å². The van der Waals surface area contributed by atoms with Gasteiger partial charge in [-0.1, -0.05) is 140 Å². The first kappa shape index (κ1) is 107. The third kappa shape index (κ3) is 30.8. The molecule has 6 amide bonds. The first-order chi connectivity index (χ1) is 68.6. The number of rotatable bonds is 20. The number of methoxy groups -OCH3 is 1. The maximum absolute atomic E-state index is 12.5. The van der Waals surface area contributed by atoms with E-state index in [9.17, 15) is 28.8 Å².